The number of rotatable bonds is 3. The second kappa shape index (κ2) is 6.48. The molecule has 112 valence electrons. The van der Waals surface area contributed by atoms with Crippen LogP contribution in [0.15, 0.2) is 28.7 Å². The fourth-order valence-corrected chi connectivity index (χ4v) is 2.87. The van der Waals surface area contributed by atoms with Gasteiger partial charge in [-0.2, -0.15) is 0 Å². The van der Waals surface area contributed by atoms with Crippen LogP contribution >= 0.6 is 39.1 Å². The van der Waals surface area contributed by atoms with Gasteiger partial charge >= 0.3 is 0 Å². The fourth-order valence-electron chi connectivity index (χ4n) is 1.94. The van der Waals surface area contributed by atoms with Crippen molar-refractivity contribution in [1.82, 2.24) is 0 Å². The van der Waals surface area contributed by atoms with Crippen LogP contribution in [0.25, 0.3) is 0 Å². The van der Waals surface area contributed by atoms with Crippen molar-refractivity contribution in [2.75, 3.05) is 7.11 Å². The first-order valence-electron chi connectivity index (χ1n) is 5.78. The van der Waals surface area contributed by atoms with Crippen LogP contribution in [-0.4, -0.2) is 7.11 Å². The average molecular weight is 397 g/mol. The van der Waals surface area contributed by atoms with Gasteiger partial charge < -0.3 is 10.5 Å². The van der Waals surface area contributed by atoms with Gasteiger partial charge in [-0.1, -0.05) is 39.1 Å². The van der Waals surface area contributed by atoms with Crippen LogP contribution < -0.4 is 10.5 Å². The van der Waals surface area contributed by atoms with Crippen LogP contribution in [0.4, 0.5) is 8.78 Å². The van der Waals surface area contributed by atoms with Gasteiger partial charge in [0, 0.05) is 21.1 Å². The molecular weight excluding hydrogens is 387 g/mol. The van der Waals surface area contributed by atoms with Crippen molar-refractivity contribution in [3.05, 3.63) is 61.5 Å². The highest BCUT2D eigenvalue weighted by atomic mass is 79.9. The molecule has 2 nitrogen and oxygen atoms in total. The monoisotopic (exact) mass is 395 g/mol. The van der Waals surface area contributed by atoms with Crippen molar-refractivity contribution in [2.45, 2.75) is 6.04 Å². The first-order chi connectivity index (χ1) is 9.85. The van der Waals surface area contributed by atoms with E-state index < -0.39 is 17.7 Å². The number of halogens is 5. The van der Waals surface area contributed by atoms with Gasteiger partial charge in [0.2, 0.25) is 0 Å². The SMILES string of the molecule is COc1cc(Cl)c(C(N)c2c(F)cc(Br)cc2F)cc1Cl. The lowest BCUT2D eigenvalue weighted by molar-refractivity contribution is 0.415. The lowest BCUT2D eigenvalue weighted by Crippen LogP contribution is -2.16. The van der Waals surface area contributed by atoms with Crippen LogP contribution in [0.1, 0.15) is 17.2 Å². The van der Waals surface area contributed by atoms with Crippen LogP contribution in [0, 0.1) is 11.6 Å². The molecule has 0 aliphatic rings. The molecular formula is C14H10BrCl2F2NO. The minimum absolute atomic E-state index is 0.213. The summed E-state index contributed by atoms with van der Waals surface area (Å²) in [6, 6.07) is 4.07. The number of benzene rings is 2. The summed E-state index contributed by atoms with van der Waals surface area (Å²) in [4.78, 5) is 0. The van der Waals surface area contributed by atoms with Gasteiger partial charge in [-0.3, -0.25) is 0 Å². The van der Waals surface area contributed by atoms with Gasteiger partial charge in [-0.25, -0.2) is 8.78 Å². The highest BCUT2D eigenvalue weighted by Gasteiger charge is 2.22. The molecule has 21 heavy (non-hydrogen) atoms. The Bertz CT molecular complexity index is 674. The van der Waals surface area contributed by atoms with Crippen molar-refractivity contribution in [3.63, 3.8) is 0 Å². The van der Waals surface area contributed by atoms with Crippen LogP contribution in [0.2, 0.25) is 10.0 Å². The van der Waals surface area contributed by atoms with Crippen LogP contribution in [-0.2, 0) is 0 Å². The normalized spacial score (nSPS) is 12.3. The maximum Gasteiger partial charge on any atom is 0.138 e. The Morgan fingerprint density at radius 2 is 1.67 bits per heavy atom. The van der Waals surface area contributed by atoms with E-state index >= 15 is 0 Å². The molecule has 7 heteroatoms. The van der Waals surface area contributed by atoms with Gasteiger partial charge in [0.25, 0.3) is 0 Å². The molecule has 0 bridgehead atoms. The molecule has 0 aliphatic carbocycles. The molecule has 0 aromatic heterocycles. The maximum absolute atomic E-state index is 14.0. The molecule has 0 spiro atoms. The van der Waals surface area contributed by atoms with E-state index in [2.05, 4.69) is 15.9 Å². The Labute approximate surface area is 138 Å². The van der Waals surface area contributed by atoms with Crippen molar-refractivity contribution in [3.8, 4) is 5.75 Å². The number of ether oxygens (including phenoxy) is 1. The van der Waals surface area contributed by atoms with Crippen molar-refractivity contribution in [1.29, 1.82) is 0 Å². The Morgan fingerprint density at radius 1 is 1.10 bits per heavy atom. The minimum atomic E-state index is -1.09. The van der Waals surface area contributed by atoms with E-state index in [0.29, 0.717) is 11.3 Å². The molecule has 0 aliphatic heterocycles. The quantitative estimate of drug-likeness (QED) is 0.784. The van der Waals surface area contributed by atoms with Gasteiger partial charge in [0.15, 0.2) is 0 Å². The summed E-state index contributed by atoms with van der Waals surface area (Å²) in [5.41, 5.74) is 5.98. The molecule has 1 unspecified atom stereocenters. The molecule has 2 aromatic rings. The third-order valence-corrected chi connectivity index (χ3v) is 4.04. The number of methoxy groups -OCH3 is 1. The molecule has 2 rings (SSSR count). The topological polar surface area (TPSA) is 35.2 Å². The highest BCUT2D eigenvalue weighted by Crippen LogP contribution is 2.37. The Morgan fingerprint density at radius 3 is 2.19 bits per heavy atom. The first-order valence-corrected chi connectivity index (χ1v) is 7.33. The molecule has 2 N–H and O–H groups in total. The molecule has 2 aromatic carbocycles. The van der Waals surface area contributed by atoms with Gasteiger partial charge in [-0.15, -0.1) is 0 Å². The van der Waals surface area contributed by atoms with E-state index in [0.717, 1.165) is 12.1 Å². The Hall–Kier alpha value is -0.880. The van der Waals surface area contributed by atoms with Crippen molar-refractivity contribution < 1.29 is 13.5 Å². The zero-order valence-electron chi connectivity index (χ0n) is 10.8. The Balaban J connectivity index is 2.55. The van der Waals surface area contributed by atoms with E-state index in [1.165, 1.54) is 19.2 Å². The van der Waals surface area contributed by atoms with E-state index in [4.69, 9.17) is 33.7 Å². The van der Waals surface area contributed by atoms with E-state index in [-0.39, 0.29) is 20.1 Å². The highest BCUT2D eigenvalue weighted by molar-refractivity contribution is 9.10. The molecule has 0 amide bonds. The summed E-state index contributed by atoms with van der Waals surface area (Å²) in [6.45, 7) is 0. The van der Waals surface area contributed by atoms with Gasteiger partial charge in [0.1, 0.15) is 17.4 Å². The zero-order chi connectivity index (χ0) is 15.7. The largest absolute Gasteiger partial charge is 0.495 e. The molecule has 1 atom stereocenters. The summed E-state index contributed by atoms with van der Waals surface area (Å²) >= 11 is 15.1. The maximum atomic E-state index is 14.0. The third kappa shape index (κ3) is 3.31. The summed E-state index contributed by atoms with van der Waals surface area (Å²) < 4.78 is 33.3. The second-order valence-corrected chi connectivity index (χ2v) is 6.00. The summed E-state index contributed by atoms with van der Waals surface area (Å²) in [6.07, 6.45) is 0. The standard InChI is InChI=1S/C14H10BrCl2F2NO/c1-21-12-5-8(16)7(4-9(12)17)14(20)13-10(18)2-6(15)3-11(13)19/h2-5,14H,20H2,1H3. The second-order valence-electron chi connectivity index (χ2n) is 4.27. The van der Waals surface area contributed by atoms with Crippen molar-refractivity contribution in [2.24, 2.45) is 5.73 Å². The fraction of sp³-hybridized carbons (Fsp3) is 0.143. The molecule has 0 radical (unpaired) electrons. The van der Waals surface area contributed by atoms with Crippen molar-refractivity contribution >= 4 is 39.1 Å². The van der Waals surface area contributed by atoms with E-state index in [9.17, 15) is 8.78 Å². The summed E-state index contributed by atoms with van der Waals surface area (Å²) in [5, 5.41) is 0.468. The minimum Gasteiger partial charge on any atom is -0.495 e. The average Bonchev–Trinajstić information content (AvgIpc) is 2.39. The summed E-state index contributed by atoms with van der Waals surface area (Å²) in [5.74, 6) is -1.18. The van der Waals surface area contributed by atoms with Gasteiger partial charge in [-0.05, 0) is 23.8 Å². The van der Waals surface area contributed by atoms with E-state index in [1.807, 2.05) is 0 Å². The molecule has 0 fully saturated rings. The Kier molecular flexibility index (Phi) is 5.09. The predicted octanol–water partition coefficient (Wildman–Crippen LogP) is 5.09. The number of hydrogen-bond acceptors (Lipinski definition) is 2. The molecule has 0 saturated heterocycles. The van der Waals surface area contributed by atoms with Crippen LogP contribution in [0.3, 0.4) is 0 Å². The lowest BCUT2D eigenvalue weighted by atomic mass is 9.98. The van der Waals surface area contributed by atoms with Gasteiger partial charge in [0.05, 0.1) is 18.2 Å². The zero-order valence-corrected chi connectivity index (χ0v) is 13.9. The number of nitrogens with two attached hydrogens (primary N) is 1. The smallest absolute Gasteiger partial charge is 0.138 e. The van der Waals surface area contributed by atoms with E-state index in [1.54, 1.807) is 0 Å². The molecule has 0 saturated carbocycles. The molecule has 0 heterocycles. The lowest BCUT2D eigenvalue weighted by Gasteiger charge is -2.17. The summed E-state index contributed by atoms with van der Waals surface area (Å²) in [7, 11) is 1.44. The third-order valence-electron chi connectivity index (χ3n) is 2.96. The number of hydrogen-bond donors (Lipinski definition) is 1. The predicted molar refractivity (Wildman–Crippen MR) is 83.1 cm³/mol. The van der Waals surface area contributed by atoms with Crippen LogP contribution in [0.5, 0.6) is 5.75 Å². The first kappa shape index (κ1) is 16.5.